The van der Waals surface area contributed by atoms with Gasteiger partial charge in [-0.1, -0.05) is 18.2 Å². The minimum atomic E-state index is -1.12. The molecule has 0 spiro atoms. The van der Waals surface area contributed by atoms with E-state index in [1.165, 1.54) is 19.2 Å². The number of benzene rings is 2. The van der Waals surface area contributed by atoms with Crippen LogP contribution in [0.2, 0.25) is 0 Å². The molecule has 6 rings (SSSR count). The number of rotatable bonds is 5. The first-order valence-corrected chi connectivity index (χ1v) is 12.7. The topological polar surface area (TPSA) is 120 Å². The number of fused-ring (bicyclic) bond motifs is 2. The summed E-state index contributed by atoms with van der Waals surface area (Å²) in [7, 11) is 1.42. The molecule has 3 aromatic heterocycles. The molecule has 1 aliphatic heterocycles. The van der Waals surface area contributed by atoms with Crippen molar-refractivity contribution in [1.29, 1.82) is 0 Å². The number of pyridine rings is 1. The summed E-state index contributed by atoms with van der Waals surface area (Å²) in [4.78, 5) is 35.3. The molecule has 1 aliphatic rings. The van der Waals surface area contributed by atoms with Crippen molar-refractivity contribution >= 4 is 29.0 Å². The zero-order chi connectivity index (χ0) is 27.8. The first-order chi connectivity index (χ1) is 19.4. The Morgan fingerprint density at radius 2 is 1.95 bits per heavy atom. The maximum atomic E-state index is 13.5. The lowest BCUT2D eigenvalue weighted by atomic mass is 10.0. The van der Waals surface area contributed by atoms with Crippen LogP contribution >= 0.6 is 0 Å². The van der Waals surface area contributed by atoms with Gasteiger partial charge in [0.2, 0.25) is 5.95 Å². The summed E-state index contributed by atoms with van der Waals surface area (Å²) >= 11 is 0. The fraction of sp³-hybridized carbons (Fsp3) is 0.207. The highest BCUT2D eigenvalue weighted by Gasteiger charge is 2.22. The smallest absolute Gasteiger partial charge is 0.413 e. The monoisotopic (exact) mass is 539 g/mol. The van der Waals surface area contributed by atoms with Crippen LogP contribution in [0.25, 0.3) is 22.3 Å². The molecule has 10 nitrogen and oxygen atoms in total. The Morgan fingerprint density at radius 3 is 2.75 bits per heavy atom. The average Bonchev–Trinajstić information content (AvgIpc) is 3.26. The molecule has 0 aliphatic carbocycles. The number of halogens is 1. The molecule has 0 bridgehead atoms. The maximum Gasteiger partial charge on any atom is 0.413 e. The van der Waals surface area contributed by atoms with Gasteiger partial charge in [-0.05, 0) is 48.4 Å². The van der Waals surface area contributed by atoms with Crippen LogP contribution in [0.5, 0.6) is 5.75 Å². The average molecular weight is 540 g/mol. The van der Waals surface area contributed by atoms with Crippen molar-refractivity contribution < 1.29 is 19.0 Å². The summed E-state index contributed by atoms with van der Waals surface area (Å²) in [5.74, 6) is 1.57. The Bertz CT molecular complexity index is 1720. The minimum absolute atomic E-state index is 0.203. The van der Waals surface area contributed by atoms with Crippen molar-refractivity contribution in [2.45, 2.75) is 19.9 Å². The van der Waals surface area contributed by atoms with Gasteiger partial charge >= 0.3 is 6.09 Å². The van der Waals surface area contributed by atoms with Crippen molar-refractivity contribution in [2.75, 3.05) is 30.0 Å². The fourth-order valence-electron chi connectivity index (χ4n) is 4.82. The summed E-state index contributed by atoms with van der Waals surface area (Å²) in [6, 6.07) is 14.4. The van der Waals surface area contributed by atoms with Gasteiger partial charge in [0.25, 0.3) is 0 Å². The quantitative estimate of drug-likeness (QED) is 0.321. The summed E-state index contributed by atoms with van der Waals surface area (Å²) in [5, 5.41) is 9.26. The third-order valence-corrected chi connectivity index (χ3v) is 7.04. The zero-order valence-electron chi connectivity index (χ0n) is 21.9. The number of ether oxygens (including phenoxy) is 1. The predicted molar refractivity (Wildman–Crippen MR) is 148 cm³/mol. The number of hydrogen-bond donors (Lipinski definition) is 2. The van der Waals surface area contributed by atoms with Gasteiger partial charge in [-0.15, -0.1) is 0 Å². The Morgan fingerprint density at radius 1 is 1.12 bits per heavy atom. The summed E-state index contributed by atoms with van der Waals surface area (Å²) < 4.78 is 19.6. The van der Waals surface area contributed by atoms with E-state index in [0.717, 1.165) is 50.0 Å². The van der Waals surface area contributed by atoms with E-state index in [2.05, 4.69) is 35.9 Å². The molecule has 5 aromatic rings. The second-order valence-corrected chi connectivity index (χ2v) is 9.65. The number of H-pyrrole nitrogens is 1. The number of carbonyl (C=O) groups is 1. The fourth-order valence-corrected chi connectivity index (χ4v) is 4.82. The number of amides is 1. The van der Waals surface area contributed by atoms with Crippen molar-refractivity contribution in [1.82, 2.24) is 24.9 Å². The molecule has 0 unspecified atom stereocenters. The maximum absolute atomic E-state index is 13.5. The minimum Gasteiger partial charge on any atom is -0.491 e. The molecule has 11 heteroatoms. The summed E-state index contributed by atoms with van der Waals surface area (Å²) in [5.41, 5.74) is 6.70. The lowest BCUT2D eigenvalue weighted by Crippen LogP contribution is -2.28. The second kappa shape index (κ2) is 10.3. The van der Waals surface area contributed by atoms with Gasteiger partial charge in [-0.2, -0.15) is 4.98 Å². The molecule has 0 fully saturated rings. The van der Waals surface area contributed by atoms with Crippen molar-refractivity contribution in [3.8, 4) is 16.9 Å². The van der Waals surface area contributed by atoms with E-state index in [0.29, 0.717) is 37.3 Å². The van der Waals surface area contributed by atoms with Crippen LogP contribution in [0.3, 0.4) is 0 Å². The molecule has 0 saturated carbocycles. The predicted octanol–water partition coefficient (Wildman–Crippen LogP) is 4.97. The third kappa shape index (κ3) is 4.89. The molecule has 2 aromatic carbocycles. The molecule has 1 amide bonds. The first-order valence-electron chi connectivity index (χ1n) is 12.7. The number of carboxylic acid groups (broad SMARTS) is 1. The lowest BCUT2D eigenvalue weighted by Gasteiger charge is -2.24. The largest absolute Gasteiger partial charge is 0.491 e. The Balaban J connectivity index is 1.31. The van der Waals surface area contributed by atoms with Crippen molar-refractivity contribution in [2.24, 2.45) is 0 Å². The number of hydrogen-bond acceptors (Lipinski definition) is 7. The van der Waals surface area contributed by atoms with Crippen LogP contribution in [0, 0.1) is 12.7 Å². The molecule has 2 N–H and O–H groups in total. The van der Waals surface area contributed by atoms with Crippen LogP contribution in [0.1, 0.15) is 22.4 Å². The zero-order valence-corrected chi connectivity index (χ0v) is 21.9. The third-order valence-electron chi connectivity index (χ3n) is 7.04. The van der Waals surface area contributed by atoms with Crippen LogP contribution in [0.4, 0.5) is 21.0 Å². The van der Waals surface area contributed by atoms with Gasteiger partial charge < -0.3 is 19.7 Å². The van der Waals surface area contributed by atoms with Gasteiger partial charge in [0.05, 0.1) is 12.1 Å². The Hall–Kier alpha value is -5.06. The van der Waals surface area contributed by atoms with Gasteiger partial charge in [-0.25, -0.2) is 24.1 Å². The highest BCUT2D eigenvalue weighted by molar-refractivity contribution is 5.87. The standard InChI is InChI=1S/C29H26FN7O3/c1-17-23(11-18-3-6-22(30)7-4-18)27(33-16-32-17)37-9-10-40-25-8-5-19(12-21(25)15-37)20-13-24-26(31-14-20)35-28(34-24)36(2)29(38)39/h3-8,12-14,16H,9-11,15H2,1-2H3,(H,38,39)(H,31,34,35). The SMILES string of the molecule is Cc1ncnc(N2CCOc3ccc(-c4cnc5nc(N(C)C(=O)O)[nH]c5c4)cc3C2)c1Cc1ccc(F)cc1. The van der Waals surface area contributed by atoms with E-state index >= 15 is 0 Å². The first kappa shape index (κ1) is 25.2. The van der Waals surface area contributed by atoms with Crippen LogP contribution in [-0.2, 0) is 13.0 Å². The summed E-state index contributed by atoms with van der Waals surface area (Å²) in [6.45, 7) is 3.66. The number of aromatic amines is 1. The van der Waals surface area contributed by atoms with Gasteiger partial charge in [0, 0.05) is 48.6 Å². The molecule has 0 atom stereocenters. The normalized spacial score (nSPS) is 13.0. The van der Waals surface area contributed by atoms with Crippen LogP contribution in [0.15, 0.2) is 61.1 Å². The Labute approximate surface area is 229 Å². The highest BCUT2D eigenvalue weighted by Crippen LogP contribution is 2.33. The van der Waals surface area contributed by atoms with Gasteiger partial charge in [0.15, 0.2) is 5.65 Å². The van der Waals surface area contributed by atoms with E-state index in [-0.39, 0.29) is 11.8 Å². The molecule has 0 saturated heterocycles. The Kier molecular flexibility index (Phi) is 6.47. The highest BCUT2D eigenvalue weighted by atomic mass is 19.1. The molecule has 4 heterocycles. The van der Waals surface area contributed by atoms with E-state index < -0.39 is 6.09 Å². The van der Waals surface area contributed by atoms with E-state index in [9.17, 15) is 14.3 Å². The number of aryl methyl sites for hydroxylation is 1. The number of nitrogens with zero attached hydrogens (tertiary/aromatic N) is 6. The molecule has 40 heavy (non-hydrogen) atoms. The number of anilines is 2. The van der Waals surface area contributed by atoms with Crippen molar-refractivity contribution in [3.63, 3.8) is 0 Å². The summed E-state index contributed by atoms with van der Waals surface area (Å²) in [6.07, 6.45) is 2.76. The van der Waals surface area contributed by atoms with E-state index in [1.807, 2.05) is 25.1 Å². The van der Waals surface area contributed by atoms with Crippen LogP contribution < -0.4 is 14.5 Å². The van der Waals surface area contributed by atoms with Gasteiger partial charge in [-0.3, -0.25) is 4.90 Å². The van der Waals surface area contributed by atoms with E-state index in [1.54, 1.807) is 24.7 Å². The van der Waals surface area contributed by atoms with Crippen molar-refractivity contribution in [3.05, 3.63) is 89.3 Å². The lowest BCUT2D eigenvalue weighted by molar-refractivity contribution is 0.203. The van der Waals surface area contributed by atoms with Crippen LogP contribution in [-0.4, -0.2) is 56.3 Å². The number of aromatic nitrogens is 5. The molecule has 0 radical (unpaired) electrons. The van der Waals surface area contributed by atoms with Gasteiger partial charge in [0.1, 0.15) is 30.3 Å². The number of nitrogens with one attached hydrogen (secondary N) is 1. The second-order valence-electron chi connectivity index (χ2n) is 9.65. The molecule has 202 valence electrons. The van der Waals surface area contributed by atoms with E-state index in [4.69, 9.17) is 4.74 Å². The molecular weight excluding hydrogens is 513 g/mol. The number of imidazole rings is 1. The molecular formula is C29H26FN7O3.